The van der Waals surface area contributed by atoms with Crippen molar-refractivity contribution in [3.63, 3.8) is 0 Å². The highest BCUT2D eigenvalue weighted by atomic mass is 16.5. The minimum absolute atomic E-state index is 0.187. The first kappa shape index (κ1) is 12.0. The predicted octanol–water partition coefficient (Wildman–Crippen LogP) is 2.58. The van der Waals surface area contributed by atoms with Crippen LogP contribution in [0.3, 0.4) is 0 Å². The lowest BCUT2D eigenvalue weighted by atomic mass is 9.88. The summed E-state index contributed by atoms with van der Waals surface area (Å²) >= 11 is 0. The van der Waals surface area contributed by atoms with E-state index in [9.17, 15) is 0 Å². The summed E-state index contributed by atoms with van der Waals surface area (Å²) in [7, 11) is 0. The van der Waals surface area contributed by atoms with Gasteiger partial charge in [0.25, 0.3) is 0 Å². The molecule has 2 N–H and O–H groups in total. The van der Waals surface area contributed by atoms with E-state index in [1.807, 2.05) is 0 Å². The van der Waals surface area contributed by atoms with Crippen molar-refractivity contribution in [2.75, 3.05) is 13.2 Å². The SMILES string of the molecule is N[C@H]1CCCc2ccc(OC3CCOCC3)cc21. The van der Waals surface area contributed by atoms with Crippen LogP contribution in [0, 0.1) is 0 Å². The molecular weight excluding hydrogens is 226 g/mol. The van der Waals surface area contributed by atoms with E-state index >= 15 is 0 Å². The van der Waals surface area contributed by atoms with Crippen LogP contribution in [0.1, 0.15) is 42.9 Å². The molecule has 18 heavy (non-hydrogen) atoms. The first-order chi connectivity index (χ1) is 8.83. The fourth-order valence-corrected chi connectivity index (χ4v) is 2.87. The van der Waals surface area contributed by atoms with Gasteiger partial charge >= 0.3 is 0 Å². The fourth-order valence-electron chi connectivity index (χ4n) is 2.87. The molecule has 1 fully saturated rings. The van der Waals surface area contributed by atoms with Crippen LogP contribution in [0.2, 0.25) is 0 Å². The Morgan fingerprint density at radius 2 is 2.00 bits per heavy atom. The molecule has 1 aromatic rings. The molecule has 1 aromatic carbocycles. The number of rotatable bonds is 2. The third kappa shape index (κ3) is 2.52. The van der Waals surface area contributed by atoms with Crippen LogP contribution in [0.4, 0.5) is 0 Å². The highest BCUT2D eigenvalue weighted by Crippen LogP contribution is 2.31. The molecule has 0 aromatic heterocycles. The van der Waals surface area contributed by atoms with Gasteiger partial charge in [-0.2, -0.15) is 0 Å². The minimum atomic E-state index is 0.187. The van der Waals surface area contributed by atoms with Gasteiger partial charge in [-0.15, -0.1) is 0 Å². The van der Waals surface area contributed by atoms with Gasteiger partial charge in [0.1, 0.15) is 11.9 Å². The molecule has 0 spiro atoms. The first-order valence-electron chi connectivity index (χ1n) is 6.96. The summed E-state index contributed by atoms with van der Waals surface area (Å²) in [6.45, 7) is 1.63. The van der Waals surface area contributed by atoms with Crippen molar-refractivity contribution in [2.24, 2.45) is 5.73 Å². The van der Waals surface area contributed by atoms with Crippen LogP contribution in [0.25, 0.3) is 0 Å². The zero-order valence-corrected chi connectivity index (χ0v) is 10.7. The molecule has 3 rings (SSSR count). The third-order valence-electron chi connectivity index (χ3n) is 3.95. The van der Waals surface area contributed by atoms with Crippen molar-refractivity contribution in [1.29, 1.82) is 0 Å². The van der Waals surface area contributed by atoms with Crippen LogP contribution in [0.5, 0.6) is 5.75 Å². The van der Waals surface area contributed by atoms with E-state index in [4.69, 9.17) is 15.2 Å². The molecule has 1 saturated heterocycles. The second-order valence-electron chi connectivity index (χ2n) is 5.29. The largest absolute Gasteiger partial charge is 0.490 e. The minimum Gasteiger partial charge on any atom is -0.490 e. The Balaban J connectivity index is 1.74. The van der Waals surface area contributed by atoms with E-state index in [1.165, 1.54) is 17.5 Å². The quantitative estimate of drug-likeness (QED) is 0.873. The van der Waals surface area contributed by atoms with Gasteiger partial charge in [0.2, 0.25) is 0 Å². The van der Waals surface area contributed by atoms with Crippen LogP contribution in [-0.4, -0.2) is 19.3 Å². The summed E-state index contributed by atoms with van der Waals surface area (Å²) in [4.78, 5) is 0. The van der Waals surface area contributed by atoms with Crippen molar-refractivity contribution >= 4 is 0 Å². The summed E-state index contributed by atoms with van der Waals surface area (Å²) in [5.74, 6) is 0.970. The Morgan fingerprint density at radius 3 is 2.83 bits per heavy atom. The average molecular weight is 247 g/mol. The summed E-state index contributed by atoms with van der Waals surface area (Å²) in [5.41, 5.74) is 8.85. The highest BCUT2D eigenvalue weighted by molar-refractivity contribution is 5.39. The molecule has 1 aliphatic heterocycles. The van der Waals surface area contributed by atoms with Crippen LogP contribution in [-0.2, 0) is 11.2 Å². The molecule has 0 bridgehead atoms. The Bertz CT molecular complexity index is 413. The van der Waals surface area contributed by atoms with Gasteiger partial charge in [0.15, 0.2) is 0 Å². The van der Waals surface area contributed by atoms with Crippen LogP contribution in [0.15, 0.2) is 18.2 Å². The maximum atomic E-state index is 6.17. The Kier molecular flexibility index (Phi) is 3.52. The molecule has 98 valence electrons. The molecule has 2 aliphatic rings. The van der Waals surface area contributed by atoms with E-state index in [0.717, 1.165) is 44.6 Å². The smallest absolute Gasteiger partial charge is 0.120 e. The van der Waals surface area contributed by atoms with Gasteiger partial charge in [-0.05, 0) is 42.5 Å². The second-order valence-corrected chi connectivity index (χ2v) is 5.29. The molecule has 0 amide bonds. The fraction of sp³-hybridized carbons (Fsp3) is 0.600. The van der Waals surface area contributed by atoms with Crippen molar-refractivity contribution in [2.45, 2.75) is 44.2 Å². The predicted molar refractivity (Wildman–Crippen MR) is 70.8 cm³/mol. The van der Waals surface area contributed by atoms with Crippen molar-refractivity contribution in [3.8, 4) is 5.75 Å². The van der Waals surface area contributed by atoms with Crippen LogP contribution >= 0.6 is 0 Å². The normalized spacial score (nSPS) is 24.6. The van der Waals surface area contributed by atoms with Gasteiger partial charge in [0.05, 0.1) is 13.2 Å². The molecular formula is C15H21NO2. The van der Waals surface area contributed by atoms with Crippen molar-refractivity contribution < 1.29 is 9.47 Å². The number of benzene rings is 1. The first-order valence-corrected chi connectivity index (χ1v) is 6.96. The topological polar surface area (TPSA) is 44.5 Å². The van der Waals surface area contributed by atoms with Crippen molar-refractivity contribution in [1.82, 2.24) is 0 Å². The third-order valence-corrected chi connectivity index (χ3v) is 3.95. The monoisotopic (exact) mass is 247 g/mol. The van der Waals surface area contributed by atoms with E-state index < -0.39 is 0 Å². The summed E-state index contributed by atoms with van der Waals surface area (Å²) in [6, 6.07) is 6.61. The lowest BCUT2D eigenvalue weighted by Gasteiger charge is -2.26. The number of aryl methyl sites for hydroxylation is 1. The maximum absolute atomic E-state index is 6.17. The molecule has 0 unspecified atom stereocenters. The van der Waals surface area contributed by atoms with Gasteiger partial charge < -0.3 is 15.2 Å². The van der Waals surface area contributed by atoms with E-state index in [1.54, 1.807) is 0 Å². The molecule has 1 heterocycles. The molecule has 3 nitrogen and oxygen atoms in total. The van der Waals surface area contributed by atoms with E-state index in [0.29, 0.717) is 6.10 Å². The Labute approximate surface area is 108 Å². The van der Waals surface area contributed by atoms with Gasteiger partial charge in [0, 0.05) is 18.9 Å². The maximum Gasteiger partial charge on any atom is 0.120 e. The van der Waals surface area contributed by atoms with E-state index in [2.05, 4.69) is 18.2 Å². The number of hydrogen-bond acceptors (Lipinski definition) is 3. The zero-order chi connectivity index (χ0) is 12.4. The number of ether oxygens (including phenoxy) is 2. The summed E-state index contributed by atoms with van der Waals surface area (Å²) in [5, 5.41) is 0. The number of fused-ring (bicyclic) bond motifs is 1. The molecule has 1 atom stereocenters. The highest BCUT2D eigenvalue weighted by Gasteiger charge is 2.19. The average Bonchev–Trinajstić information content (AvgIpc) is 2.41. The van der Waals surface area contributed by atoms with Crippen LogP contribution < -0.4 is 10.5 Å². The number of hydrogen-bond donors (Lipinski definition) is 1. The molecule has 0 radical (unpaired) electrons. The van der Waals surface area contributed by atoms with Gasteiger partial charge in [-0.1, -0.05) is 6.07 Å². The second kappa shape index (κ2) is 5.29. The van der Waals surface area contributed by atoms with Gasteiger partial charge in [-0.3, -0.25) is 0 Å². The van der Waals surface area contributed by atoms with Gasteiger partial charge in [-0.25, -0.2) is 0 Å². The molecule has 3 heteroatoms. The Morgan fingerprint density at radius 1 is 1.17 bits per heavy atom. The summed E-state index contributed by atoms with van der Waals surface area (Å²) < 4.78 is 11.4. The Hall–Kier alpha value is -1.06. The van der Waals surface area contributed by atoms with E-state index in [-0.39, 0.29) is 6.04 Å². The standard InChI is InChI=1S/C15H21NO2/c16-15-3-1-2-11-4-5-13(10-14(11)15)18-12-6-8-17-9-7-12/h4-5,10,12,15H,1-3,6-9,16H2/t15-/m0/s1. The zero-order valence-electron chi connectivity index (χ0n) is 10.7. The summed E-state index contributed by atoms with van der Waals surface area (Å²) in [6.07, 6.45) is 5.73. The lowest BCUT2D eigenvalue weighted by molar-refractivity contribution is 0.0255. The molecule has 1 aliphatic carbocycles. The van der Waals surface area contributed by atoms with Crippen molar-refractivity contribution in [3.05, 3.63) is 29.3 Å². The number of nitrogens with two attached hydrogens (primary N) is 1. The molecule has 0 saturated carbocycles. The lowest BCUT2D eigenvalue weighted by Crippen LogP contribution is -2.26.